The van der Waals surface area contributed by atoms with Gasteiger partial charge in [-0.3, -0.25) is 0 Å². The van der Waals surface area contributed by atoms with E-state index in [0.29, 0.717) is 0 Å². The molecule has 60 valence electrons. The van der Waals surface area contributed by atoms with Crippen molar-refractivity contribution in [2.75, 3.05) is 13.7 Å². The molecule has 2 heteroatoms. The quantitative estimate of drug-likeness (QED) is 0.607. The van der Waals surface area contributed by atoms with Gasteiger partial charge >= 0.3 is 0 Å². The number of hydrogen-bond acceptors (Lipinski definition) is 2. The minimum absolute atomic E-state index is 0.821. The molecule has 0 heterocycles. The van der Waals surface area contributed by atoms with E-state index in [-0.39, 0.29) is 0 Å². The molecule has 0 aromatic heterocycles. The molecule has 10 heavy (non-hydrogen) atoms. The van der Waals surface area contributed by atoms with Crippen molar-refractivity contribution in [3.63, 3.8) is 0 Å². The van der Waals surface area contributed by atoms with Crippen LogP contribution >= 0.6 is 0 Å². The summed E-state index contributed by atoms with van der Waals surface area (Å²) >= 11 is 0. The molecule has 0 radical (unpaired) electrons. The van der Waals surface area contributed by atoms with E-state index in [9.17, 15) is 0 Å². The van der Waals surface area contributed by atoms with E-state index in [1.807, 2.05) is 7.05 Å². The molecular weight excluding hydrogens is 126 g/mol. The highest BCUT2D eigenvalue weighted by Gasteiger charge is 2.12. The Kier molecular flexibility index (Phi) is 3.76. The van der Waals surface area contributed by atoms with Gasteiger partial charge in [0.1, 0.15) is 0 Å². The fourth-order valence-electron chi connectivity index (χ4n) is 1.55. The van der Waals surface area contributed by atoms with Crippen LogP contribution in [0.15, 0.2) is 0 Å². The Bertz CT molecular complexity index is 79.3. The lowest BCUT2D eigenvalue weighted by molar-refractivity contribution is 0.0228. The highest BCUT2D eigenvalue weighted by molar-refractivity contribution is 4.64. The molecule has 1 fully saturated rings. The molecule has 0 bridgehead atoms. The van der Waals surface area contributed by atoms with Gasteiger partial charge in [0.25, 0.3) is 0 Å². The zero-order valence-corrected chi connectivity index (χ0v) is 6.73. The predicted molar refractivity (Wildman–Crippen MR) is 41.6 cm³/mol. The Balaban J connectivity index is 2.02. The van der Waals surface area contributed by atoms with Crippen LogP contribution < -0.4 is 5.48 Å². The first-order valence-electron chi connectivity index (χ1n) is 4.22. The summed E-state index contributed by atoms with van der Waals surface area (Å²) in [6.45, 7) is 0.899. The minimum atomic E-state index is 0.821. The molecule has 0 aromatic rings. The van der Waals surface area contributed by atoms with Crippen molar-refractivity contribution in [1.82, 2.24) is 5.48 Å². The highest BCUT2D eigenvalue weighted by Crippen LogP contribution is 2.23. The Morgan fingerprint density at radius 1 is 1.30 bits per heavy atom. The van der Waals surface area contributed by atoms with Crippen LogP contribution in [0, 0.1) is 5.92 Å². The smallest absolute Gasteiger partial charge is 0.0710 e. The van der Waals surface area contributed by atoms with Crippen LogP contribution in [0.3, 0.4) is 0 Å². The Morgan fingerprint density at radius 3 is 2.60 bits per heavy atom. The average Bonchev–Trinajstić information content (AvgIpc) is 2.03. The van der Waals surface area contributed by atoms with Crippen molar-refractivity contribution in [2.24, 2.45) is 5.92 Å². The minimum Gasteiger partial charge on any atom is -0.302 e. The molecule has 0 aromatic carbocycles. The summed E-state index contributed by atoms with van der Waals surface area (Å²) in [6.07, 6.45) is 6.95. The summed E-state index contributed by atoms with van der Waals surface area (Å²) in [7, 11) is 1.82. The van der Waals surface area contributed by atoms with Crippen molar-refractivity contribution in [1.29, 1.82) is 0 Å². The first-order chi connectivity index (χ1) is 4.93. The number of hydroxylamine groups is 1. The largest absolute Gasteiger partial charge is 0.302 e. The molecule has 0 aliphatic heterocycles. The third kappa shape index (κ3) is 2.67. The first kappa shape index (κ1) is 8.02. The molecule has 1 saturated carbocycles. The molecule has 1 aliphatic carbocycles. The van der Waals surface area contributed by atoms with Gasteiger partial charge in [-0.05, 0) is 18.8 Å². The van der Waals surface area contributed by atoms with E-state index in [2.05, 4.69) is 5.48 Å². The van der Waals surface area contributed by atoms with Crippen LogP contribution in [0.2, 0.25) is 0 Å². The highest BCUT2D eigenvalue weighted by atomic mass is 16.6. The summed E-state index contributed by atoms with van der Waals surface area (Å²) in [5.41, 5.74) is 2.71. The maximum absolute atomic E-state index is 5.12. The summed E-state index contributed by atoms with van der Waals surface area (Å²) < 4.78 is 0. The van der Waals surface area contributed by atoms with Gasteiger partial charge in [0.15, 0.2) is 0 Å². The van der Waals surface area contributed by atoms with Crippen LogP contribution in [0.1, 0.15) is 32.1 Å². The molecule has 0 saturated heterocycles. The van der Waals surface area contributed by atoms with Crippen molar-refractivity contribution >= 4 is 0 Å². The fraction of sp³-hybridized carbons (Fsp3) is 1.00. The van der Waals surface area contributed by atoms with Gasteiger partial charge in [-0.25, -0.2) is 5.48 Å². The van der Waals surface area contributed by atoms with Gasteiger partial charge in [-0.15, -0.1) is 0 Å². The van der Waals surface area contributed by atoms with Crippen LogP contribution in [0.4, 0.5) is 0 Å². The summed E-state index contributed by atoms with van der Waals surface area (Å²) in [5.74, 6) is 0.821. The zero-order chi connectivity index (χ0) is 7.23. The average molecular weight is 143 g/mol. The lowest BCUT2D eigenvalue weighted by Crippen LogP contribution is -2.18. The van der Waals surface area contributed by atoms with Crippen LogP contribution in [0.5, 0.6) is 0 Å². The SMILES string of the molecule is CNOCC1CCCCC1. The van der Waals surface area contributed by atoms with E-state index in [1.54, 1.807) is 0 Å². The van der Waals surface area contributed by atoms with Gasteiger partial charge in [0.05, 0.1) is 6.61 Å². The molecule has 1 rings (SSSR count). The third-order valence-corrected chi connectivity index (χ3v) is 2.19. The first-order valence-corrected chi connectivity index (χ1v) is 4.22. The topological polar surface area (TPSA) is 21.3 Å². The predicted octanol–water partition coefficient (Wildman–Crippen LogP) is 1.72. The second-order valence-corrected chi connectivity index (χ2v) is 3.02. The van der Waals surface area contributed by atoms with Crippen molar-refractivity contribution in [2.45, 2.75) is 32.1 Å². The molecular formula is C8H17NO. The van der Waals surface area contributed by atoms with E-state index >= 15 is 0 Å². The van der Waals surface area contributed by atoms with Crippen LogP contribution in [0.25, 0.3) is 0 Å². The molecule has 0 unspecified atom stereocenters. The Morgan fingerprint density at radius 2 is 2.00 bits per heavy atom. The summed E-state index contributed by atoms with van der Waals surface area (Å²) in [5, 5.41) is 0. The van der Waals surface area contributed by atoms with E-state index in [0.717, 1.165) is 12.5 Å². The number of hydrogen-bond donors (Lipinski definition) is 1. The molecule has 0 amide bonds. The molecule has 0 spiro atoms. The Labute approximate surface area is 62.9 Å². The van der Waals surface area contributed by atoms with Crippen LogP contribution in [-0.2, 0) is 4.84 Å². The monoisotopic (exact) mass is 143 g/mol. The number of rotatable bonds is 3. The van der Waals surface area contributed by atoms with Gasteiger partial charge in [-0.2, -0.15) is 0 Å². The van der Waals surface area contributed by atoms with E-state index < -0.39 is 0 Å². The standard InChI is InChI=1S/C8H17NO/c1-9-10-7-8-5-3-2-4-6-8/h8-9H,2-7H2,1H3. The molecule has 1 N–H and O–H groups in total. The maximum atomic E-state index is 5.12. The Hall–Kier alpha value is -0.0800. The molecule has 2 nitrogen and oxygen atoms in total. The lowest BCUT2D eigenvalue weighted by atomic mass is 9.90. The maximum Gasteiger partial charge on any atom is 0.0710 e. The van der Waals surface area contributed by atoms with Gasteiger partial charge in [0.2, 0.25) is 0 Å². The second kappa shape index (κ2) is 4.69. The second-order valence-electron chi connectivity index (χ2n) is 3.02. The zero-order valence-electron chi connectivity index (χ0n) is 6.73. The normalized spacial score (nSPS) is 21.3. The van der Waals surface area contributed by atoms with Gasteiger partial charge < -0.3 is 4.84 Å². The lowest BCUT2D eigenvalue weighted by Gasteiger charge is -2.20. The van der Waals surface area contributed by atoms with Gasteiger partial charge in [0, 0.05) is 7.05 Å². The van der Waals surface area contributed by atoms with Crippen molar-refractivity contribution in [3.8, 4) is 0 Å². The van der Waals surface area contributed by atoms with E-state index in [1.165, 1.54) is 32.1 Å². The van der Waals surface area contributed by atoms with Crippen molar-refractivity contribution < 1.29 is 4.84 Å². The van der Waals surface area contributed by atoms with Crippen LogP contribution in [-0.4, -0.2) is 13.7 Å². The molecule has 0 atom stereocenters. The fourth-order valence-corrected chi connectivity index (χ4v) is 1.55. The van der Waals surface area contributed by atoms with Crippen molar-refractivity contribution in [3.05, 3.63) is 0 Å². The summed E-state index contributed by atoms with van der Waals surface area (Å²) in [6, 6.07) is 0. The summed E-state index contributed by atoms with van der Waals surface area (Å²) in [4.78, 5) is 5.12. The third-order valence-electron chi connectivity index (χ3n) is 2.19. The van der Waals surface area contributed by atoms with E-state index in [4.69, 9.17) is 4.84 Å². The number of nitrogens with one attached hydrogen (secondary N) is 1. The molecule has 1 aliphatic rings. The van der Waals surface area contributed by atoms with Gasteiger partial charge in [-0.1, -0.05) is 19.3 Å².